The van der Waals surface area contributed by atoms with Crippen LogP contribution in [0.25, 0.3) is 0 Å². The van der Waals surface area contributed by atoms with Crippen molar-refractivity contribution in [2.75, 3.05) is 19.7 Å². The standard InChI is InChI=1S/C20H30N2O4/c1-5-25-18(23)16-11-12-22(19(24)26-20(2,3)4)14-17(16)21-13-15-9-7-6-8-10-15/h6-10,16-17,21H,5,11-14H2,1-4H3/t16-,17-/m1/s1. The maximum absolute atomic E-state index is 12.4. The lowest BCUT2D eigenvalue weighted by molar-refractivity contribution is -0.150. The van der Waals surface area contributed by atoms with Crippen LogP contribution in [0.4, 0.5) is 4.79 Å². The van der Waals surface area contributed by atoms with Crippen LogP contribution in [0.3, 0.4) is 0 Å². The van der Waals surface area contributed by atoms with Crippen molar-refractivity contribution in [3.05, 3.63) is 35.9 Å². The molecule has 26 heavy (non-hydrogen) atoms. The number of nitrogens with one attached hydrogen (secondary N) is 1. The minimum atomic E-state index is -0.540. The average molecular weight is 362 g/mol. The van der Waals surface area contributed by atoms with Crippen LogP contribution >= 0.6 is 0 Å². The first-order chi connectivity index (χ1) is 12.3. The van der Waals surface area contributed by atoms with Crippen molar-refractivity contribution in [1.82, 2.24) is 10.2 Å². The van der Waals surface area contributed by atoms with Crippen molar-refractivity contribution in [3.63, 3.8) is 0 Å². The van der Waals surface area contributed by atoms with Crippen LogP contribution in [-0.4, -0.2) is 48.3 Å². The molecule has 1 N–H and O–H groups in total. The predicted octanol–water partition coefficient (Wildman–Crippen LogP) is 2.96. The summed E-state index contributed by atoms with van der Waals surface area (Å²) in [7, 11) is 0. The Morgan fingerprint density at radius 1 is 1.23 bits per heavy atom. The number of nitrogens with zero attached hydrogens (tertiary/aromatic N) is 1. The summed E-state index contributed by atoms with van der Waals surface area (Å²) in [5, 5.41) is 3.42. The number of carbonyl (C=O) groups is 2. The SMILES string of the molecule is CCOC(=O)[C@@H]1CCN(C(=O)OC(C)(C)C)C[C@H]1NCc1ccccc1. The lowest BCUT2D eigenvalue weighted by Crippen LogP contribution is -2.55. The first-order valence-electron chi connectivity index (χ1n) is 9.22. The number of ether oxygens (including phenoxy) is 2. The van der Waals surface area contributed by atoms with Crippen molar-refractivity contribution in [1.29, 1.82) is 0 Å². The van der Waals surface area contributed by atoms with Crippen molar-refractivity contribution in [3.8, 4) is 0 Å². The van der Waals surface area contributed by atoms with Gasteiger partial charge in [0.15, 0.2) is 0 Å². The lowest BCUT2D eigenvalue weighted by atomic mass is 9.91. The van der Waals surface area contributed by atoms with Gasteiger partial charge in [-0.05, 0) is 39.7 Å². The Labute approximate surface area is 155 Å². The van der Waals surface area contributed by atoms with E-state index in [9.17, 15) is 9.59 Å². The molecule has 1 saturated heterocycles. The number of amides is 1. The van der Waals surface area contributed by atoms with Gasteiger partial charge in [-0.1, -0.05) is 30.3 Å². The molecule has 0 bridgehead atoms. The summed E-state index contributed by atoms with van der Waals surface area (Å²) < 4.78 is 10.7. The van der Waals surface area contributed by atoms with Gasteiger partial charge in [0, 0.05) is 25.7 Å². The molecule has 2 rings (SSSR count). The summed E-state index contributed by atoms with van der Waals surface area (Å²) in [6.45, 7) is 9.25. The van der Waals surface area contributed by atoms with E-state index in [2.05, 4.69) is 5.32 Å². The molecule has 1 aliphatic rings. The average Bonchev–Trinajstić information content (AvgIpc) is 2.59. The summed E-state index contributed by atoms with van der Waals surface area (Å²) in [5.41, 5.74) is 0.590. The largest absolute Gasteiger partial charge is 0.466 e. The monoisotopic (exact) mass is 362 g/mol. The third-order valence-electron chi connectivity index (χ3n) is 4.27. The number of carbonyl (C=O) groups excluding carboxylic acids is 2. The molecule has 1 aliphatic heterocycles. The van der Waals surface area contributed by atoms with Crippen molar-refractivity contribution in [2.24, 2.45) is 5.92 Å². The number of esters is 1. The lowest BCUT2D eigenvalue weighted by Gasteiger charge is -2.38. The number of hydrogen-bond donors (Lipinski definition) is 1. The van der Waals surface area contributed by atoms with Gasteiger partial charge in [0.25, 0.3) is 0 Å². The van der Waals surface area contributed by atoms with E-state index in [1.54, 1.807) is 11.8 Å². The van der Waals surface area contributed by atoms with Gasteiger partial charge in [-0.15, -0.1) is 0 Å². The van der Waals surface area contributed by atoms with Crippen LogP contribution in [0.1, 0.15) is 39.7 Å². The second-order valence-electron chi connectivity index (χ2n) is 7.55. The Morgan fingerprint density at radius 2 is 1.92 bits per heavy atom. The van der Waals surface area contributed by atoms with E-state index in [-0.39, 0.29) is 24.0 Å². The van der Waals surface area contributed by atoms with E-state index in [4.69, 9.17) is 9.47 Å². The highest BCUT2D eigenvalue weighted by molar-refractivity contribution is 5.74. The van der Waals surface area contributed by atoms with Crippen molar-refractivity contribution in [2.45, 2.75) is 52.3 Å². The fourth-order valence-corrected chi connectivity index (χ4v) is 3.03. The molecule has 144 valence electrons. The minimum Gasteiger partial charge on any atom is -0.466 e. The normalized spacial score (nSPS) is 20.5. The molecule has 1 fully saturated rings. The Balaban J connectivity index is 2.04. The summed E-state index contributed by atoms with van der Waals surface area (Å²) in [6, 6.07) is 9.81. The van der Waals surface area contributed by atoms with Crippen molar-refractivity contribution < 1.29 is 19.1 Å². The molecule has 6 heteroatoms. The van der Waals surface area contributed by atoms with Gasteiger partial charge in [0.1, 0.15) is 5.60 Å². The minimum absolute atomic E-state index is 0.171. The third kappa shape index (κ3) is 6.02. The number of piperidine rings is 1. The second kappa shape index (κ2) is 9.03. The Hall–Kier alpha value is -2.08. The quantitative estimate of drug-likeness (QED) is 0.816. The van der Waals surface area contributed by atoms with Gasteiger partial charge in [-0.3, -0.25) is 4.79 Å². The molecule has 6 nitrogen and oxygen atoms in total. The summed E-state index contributed by atoms with van der Waals surface area (Å²) in [5.74, 6) is -0.473. The van der Waals surface area contributed by atoms with E-state index in [1.807, 2.05) is 51.1 Å². The smallest absolute Gasteiger partial charge is 0.410 e. The summed E-state index contributed by atoms with van der Waals surface area (Å²) >= 11 is 0. The fourth-order valence-electron chi connectivity index (χ4n) is 3.03. The van der Waals surface area contributed by atoms with Crippen LogP contribution in [0, 0.1) is 5.92 Å². The van der Waals surface area contributed by atoms with E-state index in [0.717, 1.165) is 5.56 Å². The van der Waals surface area contributed by atoms with E-state index in [1.165, 1.54) is 0 Å². The van der Waals surface area contributed by atoms with Crippen LogP contribution in [-0.2, 0) is 20.8 Å². The highest BCUT2D eigenvalue weighted by Gasteiger charge is 2.37. The molecule has 1 heterocycles. The molecule has 1 aromatic rings. The van der Waals surface area contributed by atoms with Crippen molar-refractivity contribution >= 4 is 12.1 Å². The van der Waals surface area contributed by atoms with Gasteiger partial charge < -0.3 is 19.7 Å². The number of hydrogen-bond acceptors (Lipinski definition) is 5. The second-order valence-corrected chi connectivity index (χ2v) is 7.55. The molecule has 1 aromatic carbocycles. The maximum atomic E-state index is 12.4. The molecular formula is C20H30N2O4. The number of likely N-dealkylation sites (tertiary alicyclic amines) is 1. The van der Waals surface area contributed by atoms with E-state index < -0.39 is 5.60 Å². The predicted molar refractivity (Wildman–Crippen MR) is 99.6 cm³/mol. The Kier molecular flexibility index (Phi) is 7.03. The van der Waals surface area contributed by atoms with Gasteiger partial charge in [0.05, 0.1) is 12.5 Å². The van der Waals surface area contributed by atoms with Crippen LogP contribution < -0.4 is 5.32 Å². The molecule has 0 aromatic heterocycles. The molecule has 0 radical (unpaired) electrons. The molecule has 2 atom stereocenters. The fraction of sp³-hybridized carbons (Fsp3) is 0.600. The van der Waals surface area contributed by atoms with Crippen LogP contribution in [0.15, 0.2) is 30.3 Å². The Morgan fingerprint density at radius 3 is 2.54 bits per heavy atom. The van der Waals surface area contributed by atoms with E-state index >= 15 is 0 Å². The maximum Gasteiger partial charge on any atom is 0.410 e. The number of benzene rings is 1. The van der Waals surface area contributed by atoms with Gasteiger partial charge in [-0.25, -0.2) is 4.79 Å². The van der Waals surface area contributed by atoms with E-state index in [0.29, 0.717) is 32.7 Å². The zero-order valence-corrected chi connectivity index (χ0v) is 16.2. The molecule has 0 saturated carbocycles. The molecular weight excluding hydrogens is 332 g/mol. The first kappa shape index (κ1) is 20.2. The molecule has 0 spiro atoms. The molecule has 0 aliphatic carbocycles. The zero-order valence-electron chi connectivity index (χ0n) is 16.2. The van der Waals surface area contributed by atoms with Gasteiger partial charge in [0.2, 0.25) is 0 Å². The summed E-state index contributed by atoms with van der Waals surface area (Å²) in [4.78, 5) is 26.4. The van der Waals surface area contributed by atoms with Crippen LogP contribution in [0.5, 0.6) is 0 Å². The molecule has 0 unspecified atom stereocenters. The topological polar surface area (TPSA) is 67.9 Å². The molecule has 1 amide bonds. The third-order valence-corrected chi connectivity index (χ3v) is 4.27. The van der Waals surface area contributed by atoms with Gasteiger partial charge in [-0.2, -0.15) is 0 Å². The highest BCUT2D eigenvalue weighted by Crippen LogP contribution is 2.22. The highest BCUT2D eigenvalue weighted by atomic mass is 16.6. The first-order valence-corrected chi connectivity index (χ1v) is 9.22. The van der Waals surface area contributed by atoms with Crippen LogP contribution in [0.2, 0.25) is 0 Å². The number of rotatable bonds is 5. The Bertz CT molecular complexity index is 598. The summed E-state index contributed by atoms with van der Waals surface area (Å²) in [6.07, 6.45) is 0.219. The zero-order chi connectivity index (χ0) is 19.2. The van der Waals surface area contributed by atoms with Gasteiger partial charge >= 0.3 is 12.1 Å².